The number of hydrogen-bond acceptors (Lipinski definition) is 4. The minimum Gasteiger partial charge on any atom is -0.507 e. The van der Waals surface area contributed by atoms with Crippen LogP contribution in [-0.2, 0) is 10.3 Å². The van der Waals surface area contributed by atoms with Crippen molar-refractivity contribution in [3.8, 4) is 5.75 Å². The molecule has 0 heterocycles. The van der Waals surface area contributed by atoms with Gasteiger partial charge in [-0.05, 0) is 25.0 Å². The highest BCUT2D eigenvalue weighted by Crippen LogP contribution is 2.17. The Morgan fingerprint density at radius 2 is 1.71 bits per heavy atom. The number of benzene rings is 1. The summed E-state index contributed by atoms with van der Waals surface area (Å²) in [5.41, 5.74) is -0.0671. The summed E-state index contributed by atoms with van der Waals surface area (Å²) in [5.74, 6) is -1.31. The molecule has 0 aliphatic heterocycles. The van der Waals surface area contributed by atoms with Crippen molar-refractivity contribution < 1.29 is 28.0 Å². The van der Waals surface area contributed by atoms with E-state index in [4.69, 9.17) is 14.8 Å². The first-order chi connectivity index (χ1) is 9.79. The van der Waals surface area contributed by atoms with Crippen molar-refractivity contribution in [1.29, 1.82) is 0 Å². The Balaban J connectivity index is 0.000000211. The van der Waals surface area contributed by atoms with Gasteiger partial charge in [0.25, 0.3) is 0 Å². The van der Waals surface area contributed by atoms with E-state index in [0.717, 1.165) is 25.7 Å². The molecule has 0 saturated heterocycles. The number of rotatable bonds is 3. The Hall–Kier alpha value is -1.64. The van der Waals surface area contributed by atoms with Crippen LogP contribution in [0.2, 0.25) is 0 Å². The van der Waals surface area contributed by atoms with Gasteiger partial charge in [0, 0.05) is 6.04 Å². The molecule has 0 bridgehead atoms. The van der Waals surface area contributed by atoms with Gasteiger partial charge < -0.3 is 10.2 Å². The lowest BCUT2D eigenvalue weighted by Gasteiger charge is -2.20. The summed E-state index contributed by atoms with van der Waals surface area (Å²) in [6.07, 6.45) is 4.96. The minimum atomic E-state index is -3.97. The van der Waals surface area contributed by atoms with Gasteiger partial charge in [-0.25, -0.2) is 4.79 Å². The molecule has 1 aliphatic carbocycles. The van der Waals surface area contributed by atoms with E-state index in [-0.39, 0.29) is 17.4 Å². The summed E-state index contributed by atoms with van der Waals surface area (Å²) >= 11 is 0. The van der Waals surface area contributed by atoms with Gasteiger partial charge in [-0.1, -0.05) is 31.4 Å². The topological polar surface area (TPSA) is 124 Å². The van der Waals surface area contributed by atoms with Crippen molar-refractivity contribution in [2.24, 2.45) is 0 Å². The van der Waals surface area contributed by atoms with Crippen LogP contribution in [-0.4, -0.2) is 35.2 Å². The van der Waals surface area contributed by atoms with Crippen LogP contribution >= 0.6 is 0 Å². The third-order valence-electron chi connectivity index (χ3n) is 3.06. The van der Waals surface area contributed by atoms with Crippen molar-refractivity contribution in [2.75, 3.05) is 0 Å². The zero-order valence-corrected chi connectivity index (χ0v) is 12.2. The molecular weight excluding hydrogens is 298 g/mol. The number of nitrogens with one attached hydrogen (secondary N) is 1. The molecular formula is C13H19NO6S. The molecule has 1 aromatic carbocycles. The average Bonchev–Trinajstić information content (AvgIpc) is 2.39. The second-order valence-corrected chi connectivity index (χ2v) is 5.94. The number of para-hydroxylation sites is 1. The van der Waals surface area contributed by atoms with Crippen molar-refractivity contribution in [3.05, 3.63) is 29.8 Å². The summed E-state index contributed by atoms with van der Waals surface area (Å²) in [6, 6.07) is 5.77. The summed E-state index contributed by atoms with van der Waals surface area (Å²) in [7, 11) is -3.97. The van der Waals surface area contributed by atoms with Crippen LogP contribution in [0.4, 0.5) is 0 Å². The third-order valence-corrected chi connectivity index (χ3v) is 3.69. The zero-order chi connectivity index (χ0) is 15.9. The Labute approximate surface area is 123 Å². The van der Waals surface area contributed by atoms with Gasteiger partial charge in [-0.3, -0.25) is 4.55 Å². The van der Waals surface area contributed by atoms with Crippen molar-refractivity contribution in [3.63, 3.8) is 0 Å². The lowest BCUT2D eigenvalue weighted by atomic mass is 9.96. The maximum atomic E-state index is 10.3. The van der Waals surface area contributed by atoms with Gasteiger partial charge in [0.2, 0.25) is 0 Å². The van der Waals surface area contributed by atoms with Crippen LogP contribution in [0.1, 0.15) is 42.5 Å². The van der Waals surface area contributed by atoms with Crippen LogP contribution in [0.5, 0.6) is 5.75 Å². The second kappa shape index (κ2) is 7.96. The van der Waals surface area contributed by atoms with Crippen LogP contribution in [0.25, 0.3) is 0 Å². The molecule has 1 aromatic rings. The number of carboxylic acids is 1. The average molecular weight is 317 g/mol. The lowest BCUT2D eigenvalue weighted by molar-refractivity contribution is 0.0693. The molecule has 2 rings (SSSR count). The van der Waals surface area contributed by atoms with Gasteiger partial charge in [0.05, 0.1) is 0 Å². The van der Waals surface area contributed by atoms with Gasteiger partial charge in [0.15, 0.2) is 0 Å². The molecule has 8 heteroatoms. The zero-order valence-electron chi connectivity index (χ0n) is 11.4. The first kappa shape index (κ1) is 17.4. The molecule has 7 nitrogen and oxygen atoms in total. The number of aromatic hydroxyl groups is 1. The first-order valence-electron chi connectivity index (χ1n) is 6.55. The second-order valence-electron chi connectivity index (χ2n) is 4.75. The fraction of sp³-hybridized carbons (Fsp3) is 0.462. The number of aromatic carboxylic acids is 1. The molecule has 0 amide bonds. The molecule has 0 radical (unpaired) electrons. The predicted octanol–water partition coefficient (Wildman–Crippen LogP) is 1.80. The fourth-order valence-electron chi connectivity index (χ4n) is 2.09. The van der Waals surface area contributed by atoms with Gasteiger partial charge in [0.1, 0.15) is 11.3 Å². The highest BCUT2D eigenvalue weighted by molar-refractivity contribution is 7.83. The van der Waals surface area contributed by atoms with E-state index in [1.165, 1.54) is 18.6 Å². The fourth-order valence-corrected chi connectivity index (χ4v) is 2.74. The Kier molecular flexibility index (Phi) is 6.60. The highest BCUT2D eigenvalue weighted by Gasteiger charge is 2.17. The Bertz CT molecular complexity index is 566. The van der Waals surface area contributed by atoms with Crippen molar-refractivity contribution in [1.82, 2.24) is 4.72 Å². The van der Waals surface area contributed by atoms with Gasteiger partial charge >= 0.3 is 16.3 Å². The molecule has 0 unspecified atom stereocenters. The number of carbonyl (C=O) groups is 1. The van der Waals surface area contributed by atoms with Crippen LogP contribution in [0.15, 0.2) is 24.3 Å². The van der Waals surface area contributed by atoms with Crippen LogP contribution < -0.4 is 4.72 Å². The van der Waals surface area contributed by atoms with E-state index in [9.17, 15) is 13.2 Å². The molecule has 21 heavy (non-hydrogen) atoms. The molecule has 4 N–H and O–H groups in total. The number of phenols is 1. The van der Waals surface area contributed by atoms with E-state index in [1.807, 2.05) is 0 Å². The molecule has 118 valence electrons. The minimum absolute atomic E-state index is 0.0428. The van der Waals surface area contributed by atoms with Gasteiger partial charge in [-0.15, -0.1) is 0 Å². The molecule has 0 aromatic heterocycles. The monoisotopic (exact) mass is 317 g/mol. The molecule has 0 atom stereocenters. The normalized spacial score (nSPS) is 15.9. The smallest absolute Gasteiger partial charge is 0.339 e. The maximum Gasteiger partial charge on any atom is 0.339 e. The van der Waals surface area contributed by atoms with E-state index in [1.54, 1.807) is 12.1 Å². The predicted molar refractivity (Wildman–Crippen MR) is 76.6 cm³/mol. The van der Waals surface area contributed by atoms with E-state index in [2.05, 4.69) is 4.72 Å². The largest absolute Gasteiger partial charge is 0.507 e. The number of carboxylic acid groups (broad SMARTS) is 1. The summed E-state index contributed by atoms with van der Waals surface area (Å²) in [6.45, 7) is 0. The van der Waals surface area contributed by atoms with E-state index >= 15 is 0 Å². The Morgan fingerprint density at radius 1 is 1.14 bits per heavy atom. The molecule has 1 saturated carbocycles. The molecule has 1 fully saturated rings. The van der Waals surface area contributed by atoms with Gasteiger partial charge in [-0.2, -0.15) is 13.1 Å². The maximum absolute atomic E-state index is 10.3. The standard InChI is InChI=1S/C7H6O3.C6H13NO3S/c8-6-4-2-1-3-5(6)7(9)10;8-11(9,10)7-6-4-2-1-3-5-6/h1-4,8H,(H,9,10);6-7H,1-5H2,(H,8,9,10). The summed E-state index contributed by atoms with van der Waals surface area (Å²) in [4.78, 5) is 10.3. The number of hydrogen-bond donors (Lipinski definition) is 4. The summed E-state index contributed by atoms with van der Waals surface area (Å²) < 4.78 is 31.3. The molecule has 0 spiro atoms. The summed E-state index contributed by atoms with van der Waals surface area (Å²) in [5, 5.41) is 17.3. The lowest BCUT2D eigenvalue weighted by Crippen LogP contribution is -2.35. The van der Waals surface area contributed by atoms with Crippen LogP contribution in [0, 0.1) is 0 Å². The van der Waals surface area contributed by atoms with Crippen molar-refractivity contribution >= 4 is 16.3 Å². The first-order valence-corrected chi connectivity index (χ1v) is 7.99. The SMILES string of the molecule is O=C(O)c1ccccc1O.O=S(=O)(O)NC1CCCCC1. The van der Waals surface area contributed by atoms with Crippen molar-refractivity contribution in [2.45, 2.75) is 38.1 Å². The van der Waals surface area contributed by atoms with E-state index in [0.29, 0.717) is 0 Å². The Morgan fingerprint density at radius 3 is 2.14 bits per heavy atom. The third kappa shape index (κ3) is 7.07. The highest BCUT2D eigenvalue weighted by atomic mass is 32.2. The van der Waals surface area contributed by atoms with Crippen LogP contribution in [0.3, 0.4) is 0 Å². The van der Waals surface area contributed by atoms with E-state index < -0.39 is 16.3 Å². The molecule has 1 aliphatic rings. The quantitative estimate of drug-likeness (QED) is 0.630.